The van der Waals surface area contributed by atoms with Crippen LogP contribution in [0.2, 0.25) is 5.15 Å². The van der Waals surface area contributed by atoms with Gasteiger partial charge >= 0.3 is 0 Å². The van der Waals surface area contributed by atoms with E-state index in [1.54, 1.807) is 33.9 Å². The molecule has 1 aliphatic rings. The molecule has 9 heteroatoms. The molecular formula is C21H26ClN5O3. The summed E-state index contributed by atoms with van der Waals surface area (Å²) in [5, 5.41) is 16.0. The number of halogens is 1. The zero-order valence-electron chi connectivity index (χ0n) is 17.4. The van der Waals surface area contributed by atoms with Crippen molar-refractivity contribution in [2.45, 2.75) is 27.3 Å². The van der Waals surface area contributed by atoms with Gasteiger partial charge in [-0.2, -0.15) is 5.10 Å². The molecule has 1 aliphatic heterocycles. The lowest BCUT2D eigenvalue weighted by atomic mass is 10.2. The minimum Gasteiger partial charge on any atom is -0.368 e. The number of hydrogen-bond donors (Lipinski definition) is 0. The highest BCUT2D eigenvalue weighted by atomic mass is 35.5. The normalized spacial score (nSPS) is 14.7. The Morgan fingerprint density at radius 1 is 1.30 bits per heavy atom. The van der Waals surface area contributed by atoms with Crippen molar-refractivity contribution >= 4 is 35.0 Å². The third kappa shape index (κ3) is 4.99. The summed E-state index contributed by atoms with van der Waals surface area (Å²) >= 11 is 6.43. The molecule has 0 N–H and O–H groups in total. The van der Waals surface area contributed by atoms with Gasteiger partial charge < -0.3 is 9.80 Å². The number of non-ortho nitro benzene ring substituents is 1. The number of amides is 1. The maximum atomic E-state index is 12.6. The Labute approximate surface area is 180 Å². The van der Waals surface area contributed by atoms with Crippen molar-refractivity contribution in [3.8, 4) is 0 Å². The molecule has 1 saturated heterocycles. The molecule has 160 valence electrons. The Morgan fingerprint density at radius 2 is 2.00 bits per heavy atom. The van der Waals surface area contributed by atoms with Crippen molar-refractivity contribution < 1.29 is 9.72 Å². The third-order valence-corrected chi connectivity index (χ3v) is 5.44. The molecule has 0 aliphatic carbocycles. The van der Waals surface area contributed by atoms with Crippen molar-refractivity contribution in [3.63, 3.8) is 0 Å². The smallest absolute Gasteiger partial charge is 0.271 e. The largest absolute Gasteiger partial charge is 0.368 e. The fourth-order valence-corrected chi connectivity index (χ4v) is 3.78. The molecule has 1 fully saturated rings. The number of hydrogen-bond acceptors (Lipinski definition) is 5. The molecule has 30 heavy (non-hydrogen) atoms. The lowest BCUT2D eigenvalue weighted by molar-refractivity contribution is -0.384. The fraction of sp³-hybridized carbons (Fsp3) is 0.429. The first-order valence-electron chi connectivity index (χ1n) is 9.95. The van der Waals surface area contributed by atoms with E-state index in [9.17, 15) is 14.9 Å². The van der Waals surface area contributed by atoms with Gasteiger partial charge in [-0.3, -0.25) is 19.6 Å². The summed E-state index contributed by atoms with van der Waals surface area (Å²) in [5.41, 5.74) is 2.42. The minimum atomic E-state index is -0.398. The van der Waals surface area contributed by atoms with Crippen molar-refractivity contribution in [1.82, 2.24) is 14.7 Å². The van der Waals surface area contributed by atoms with Crippen LogP contribution in [0.15, 0.2) is 30.3 Å². The Balaban J connectivity index is 1.61. The number of rotatable bonds is 6. The van der Waals surface area contributed by atoms with E-state index in [-0.39, 0.29) is 11.6 Å². The number of carbonyl (C=O) groups is 1. The van der Waals surface area contributed by atoms with Crippen LogP contribution in [0.5, 0.6) is 0 Å². The maximum absolute atomic E-state index is 12.6. The summed E-state index contributed by atoms with van der Waals surface area (Å²) in [6.07, 6.45) is 3.27. The quantitative estimate of drug-likeness (QED) is 0.395. The van der Waals surface area contributed by atoms with Crippen LogP contribution in [0.25, 0.3) is 6.08 Å². The molecule has 0 atom stereocenters. The number of anilines is 1. The summed E-state index contributed by atoms with van der Waals surface area (Å²) in [4.78, 5) is 27.0. The van der Waals surface area contributed by atoms with Gasteiger partial charge in [-0.05, 0) is 25.0 Å². The zero-order chi connectivity index (χ0) is 21.8. The second-order valence-corrected chi connectivity index (χ2v) is 8.15. The van der Waals surface area contributed by atoms with Crippen LogP contribution in [-0.4, -0.2) is 51.7 Å². The predicted octanol–water partition coefficient (Wildman–Crippen LogP) is 3.77. The second kappa shape index (κ2) is 9.30. The van der Waals surface area contributed by atoms with E-state index in [0.717, 1.165) is 23.5 Å². The molecule has 2 aromatic rings. The van der Waals surface area contributed by atoms with Crippen molar-refractivity contribution in [1.29, 1.82) is 0 Å². The Bertz CT molecular complexity index is 962. The standard InChI is InChI=1S/C21H26ClN5O3/c1-15(2)14-26-21(22)19(16(3)23-26)7-8-20(28)25-11-9-24(10-12-25)17-5-4-6-18(13-17)27(29)30/h4-8,13,15H,9-12,14H2,1-3H3/b8-7+. The molecule has 1 aromatic carbocycles. The molecule has 2 heterocycles. The fourth-order valence-electron chi connectivity index (χ4n) is 3.47. The average molecular weight is 432 g/mol. The monoisotopic (exact) mass is 431 g/mol. The van der Waals surface area contributed by atoms with Crippen molar-refractivity contribution in [2.75, 3.05) is 31.1 Å². The van der Waals surface area contributed by atoms with Crippen molar-refractivity contribution in [2.24, 2.45) is 5.92 Å². The molecule has 3 rings (SSSR count). The molecule has 0 bridgehead atoms. The second-order valence-electron chi connectivity index (χ2n) is 7.79. The lowest BCUT2D eigenvalue weighted by Gasteiger charge is -2.35. The number of benzene rings is 1. The SMILES string of the molecule is Cc1nn(CC(C)C)c(Cl)c1/C=C/C(=O)N1CCN(c2cccc([N+](=O)[O-])c2)CC1. The van der Waals surface area contributed by atoms with Gasteiger partial charge in [0.05, 0.1) is 10.6 Å². The van der Waals surface area contributed by atoms with E-state index in [1.807, 2.05) is 13.0 Å². The minimum absolute atomic E-state index is 0.0687. The van der Waals surface area contributed by atoms with E-state index in [1.165, 1.54) is 6.07 Å². The van der Waals surface area contributed by atoms with E-state index < -0.39 is 4.92 Å². The summed E-state index contributed by atoms with van der Waals surface area (Å²) in [6, 6.07) is 6.57. The molecular weight excluding hydrogens is 406 g/mol. The summed E-state index contributed by atoms with van der Waals surface area (Å²) < 4.78 is 1.77. The topological polar surface area (TPSA) is 84.5 Å². The van der Waals surface area contributed by atoms with Crippen LogP contribution in [0.4, 0.5) is 11.4 Å². The van der Waals surface area contributed by atoms with Crippen molar-refractivity contribution in [3.05, 3.63) is 56.9 Å². The number of nitrogens with zero attached hydrogens (tertiary/aromatic N) is 5. The first kappa shape index (κ1) is 21.8. The number of nitro groups is 1. The number of piperazine rings is 1. The third-order valence-electron chi connectivity index (χ3n) is 5.04. The maximum Gasteiger partial charge on any atom is 0.271 e. The van der Waals surface area contributed by atoms with Crippen LogP contribution in [0, 0.1) is 23.0 Å². The van der Waals surface area contributed by atoms with Gasteiger partial charge in [0.25, 0.3) is 5.69 Å². The number of aromatic nitrogens is 2. The van der Waals surface area contributed by atoms with E-state index in [4.69, 9.17) is 11.6 Å². The summed E-state index contributed by atoms with van der Waals surface area (Å²) in [7, 11) is 0. The number of aryl methyl sites for hydroxylation is 1. The first-order chi connectivity index (χ1) is 14.3. The van der Waals surface area contributed by atoms with E-state index >= 15 is 0 Å². The Kier molecular flexibility index (Phi) is 6.77. The van der Waals surface area contributed by atoms with Gasteiger partial charge in [0.15, 0.2) is 0 Å². The summed E-state index contributed by atoms with van der Waals surface area (Å²) in [5.74, 6) is 0.336. The summed E-state index contributed by atoms with van der Waals surface area (Å²) in [6.45, 7) is 9.13. The Morgan fingerprint density at radius 3 is 2.63 bits per heavy atom. The highest BCUT2D eigenvalue weighted by Gasteiger charge is 2.21. The number of nitro benzene ring substituents is 1. The Hall–Kier alpha value is -2.87. The molecule has 0 saturated carbocycles. The van der Waals surface area contributed by atoms with E-state index in [2.05, 4.69) is 23.8 Å². The average Bonchev–Trinajstić information content (AvgIpc) is 2.98. The van der Waals surface area contributed by atoms with Crippen LogP contribution < -0.4 is 4.90 Å². The van der Waals surface area contributed by atoms with Crippen LogP contribution in [0.1, 0.15) is 25.1 Å². The van der Waals surface area contributed by atoms with Crippen LogP contribution in [-0.2, 0) is 11.3 Å². The van der Waals surface area contributed by atoms with Gasteiger partial charge in [0.1, 0.15) is 5.15 Å². The molecule has 1 aromatic heterocycles. The van der Waals surface area contributed by atoms with Gasteiger partial charge in [-0.25, -0.2) is 0 Å². The lowest BCUT2D eigenvalue weighted by Crippen LogP contribution is -2.48. The van der Waals surface area contributed by atoms with Crippen LogP contribution in [0.3, 0.4) is 0 Å². The molecule has 0 spiro atoms. The number of carbonyl (C=O) groups excluding carboxylic acids is 1. The van der Waals surface area contributed by atoms with Gasteiger partial charge in [0.2, 0.25) is 5.91 Å². The van der Waals surface area contributed by atoms with Gasteiger partial charge in [0, 0.05) is 62.2 Å². The van der Waals surface area contributed by atoms with Gasteiger partial charge in [-0.1, -0.05) is 31.5 Å². The zero-order valence-corrected chi connectivity index (χ0v) is 18.2. The predicted molar refractivity (Wildman–Crippen MR) is 118 cm³/mol. The molecule has 8 nitrogen and oxygen atoms in total. The first-order valence-corrected chi connectivity index (χ1v) is 10.3. The highest BCUT2D eigenvalue weighted by Crippen LogP contribution is 2.24. The molecule has 0 unspecified atom stereocenters. The van der Waals surface area contributed by atoms with Crippen LogP contribution >= 0.6 is 11.6 Å². The van der Waals surface area contributed by atoms with Gasteiger partial charge in [-0.15, -0.1) is 0 Å². The molecule has 0 radical (unpaired) electrons. The van der Waals surface area contributed by atoms with E-state index in [0.29, 0.717) is 37.3 Å². The molecule has 1 amide bonds. The highest BCUT2D eigenvalue weighted by molar-refractivity contribution is 6.31.